The van der Waals surface area contributed by atoms with Crippen molar-refractivity contribution in [2.75, 3.05) is 26.2 Å². The molecule has 0 saturated carbocycles. The van der Waals surface area contributed by atoms with Crippen molar-refractivity contribution in [1.29, 1.82) is 0 Å². The van der Waals surface area contributed by atoms with E-state index in [-0.39, 0.29) is 35.2 Å². The maximum Gasteiger partial charge on any atom is 0.275 e. The molecule has 1 aliphatic rings. The van der Waals surface area contributed by atoms with E-state index in [0.717, 1.165) is 17.5 Å². The number of rotatable bonds is 4. The van der Waals surface area contributed by atoms with Crippen molar-refractivity contribution in [3.8, 4) is 0 Å². The highest BCUT2D eigenvalue weighted by atomic mass is 35.5. The molecule has 1 aliphatic heterocycles. The minimum atomic E-state index is -3.76. The monoisotopic (exact) mass is 436 g/mol. The van der Waals surface area contributed by atoms with E-state index < -0.39 is 15.8 Å². The van der Waals surface area contributed by atoms with Crippen molar-refractivity contribution < 1.29 is 12.8 Å². The molecule has 0 radical (unpaired) electrons. The highest BCUT2D eigenvalue weighted by Crippen LogP contribution is 2.23. The van der Waals surface area contributed by atoms with Crippen LogP contribution in [0.3, 0.4) is 0 Å². The fourth-order valence-corrected chi connectivity index (χ4v) is 5.01. The summed E-state index contributed by atoms with van der Waals surface area (Å²) in [7, 11) is -3.76. The van der Waals surface area contributed by atoms with Crippen molar-refractivity contribution in [2.45, 2.75) is 11.6 Å². The van der Waals surface area contributed by atoms with E-state index in [9.17, 15) is 17.6 Å². The lowest BCUT2D eigenvalue weighted by Crippen LogP contribution is -2.49. The molecule has 7 nitrogen and oxygen atoms in total. The first-order valence-corrected chi connectivity index (χ1v) is 10.8. The molecule has 1 fully saturated rings. The molecule has 2 aromatic carbocycles. The molecule has 3 aromatic rings. The van der Waals surface area contributed by atoms with E-state index in [1.54, 1.807) is 18.3 Å². The highest BCUT2D eigenvalue weighted by molar-refractivity contribution is 7.89. The van der Waals surface area contributed by atoms with Gasteiger partial charge in [0, 0.05) is 31.6 Å². The van der Waals surface area contributed by atoms with Crippen LogP contribution in [0.4, 0.5) is 4.39 Å². The molecule has 0 N–H and O–H groups in total. The molecule has 4 rings (SSSR count). The molecule has 0 aliphatic carbocycles. The third-order valence-corrected chi connectivity index (χ3v) is 7.14. The topological polar surface area (TPSA) is 75.5 Å². The molecule has 0 atom stereocenters. The van der Waals surface area contributed by atoms with E-state index in [1.165, 1.54) is 15.1 Å². The Morgan fingerprint density at radius 1 is 1.07 bits per heavy atom. The second-order valence-corrected chi connectivity index (χ2v) is 9.12. The van der Waals surface area contributed by atoms with Crippen LogP contribution in [0.5, 0.6) is 0 Å². The SMILES string of the molecule is O=c1c2ccccc2cnn1CN1CCN(S(=O)(=O)c2ccc(F)c(Cl)c2)CC1. The maximum absolute atomic E-state index is 13.3. The van der Waals surface area contributed by atoms with Crippen molar-refractivity contribution in [2.24, 2.45) is 0 Å². The van der Waals surface area contributed by atoms with Gasteiger partial charge in [0.1, 0.15) is 5.82 Å². The Kier molecular flexibility index (Phi) is 5.39. The zero-order valence-electron chi connectivity index (χ0n) is 15.3. The van der Waals surface area contributed by atoms with Gasteiger partial charge >= 0.3 is 0 Å². The Hall–Kier alpha value is -2.33. The molecule has 2 heterocycles. The lowest BCUT2D eigenvalue weighted by Gasteiger charge is -2.33. The molecule has 1 saturated heterocycles. The van der Waals surface area contributed by atoms with Gasteiger partial charge in [0.15, 0.2) is 0 Å². The molecule has 0 spiro atoms. The van der Waals surface area contributed by atoms with Crippen LogP contribution in [0.15, 0.2) is 58.4 Å². The largest absolute Gasteiger partial charge is 0.282 e. The first-order valence-electron chi connectivity index (χ1n) is 8.99. The molecule has 10 heteroatoms. The summed E-state index contributed by atoms with van der Waals surface area (Å²) in [5, 5.41) is 5.36. The summed E-state index contributed by atoms with van der Waals surface area (Å²) in [6.07, 6.45) is 1.65. The van der Waals surface area contributed by atoms with Crippen LogP contribution >= 0.6 is 11.6 Å². The smallest absolute Gasteiger partial charge is 0.275 e. The predicted molar refractivity (Wildman–Crippen MR) is 108 cm³/mol. The second kappa shape index (κ2) is 7.83. The van der Waals surface area contributed by atoms with Gasteiger partial charge in [-0.1, -0.05) is 29.8 Å². The van der Waals surface area contributed by atoms with Crippen molar-refractivity contribution >= 4 is 32.4 Å². The van der Waals surface area contributed by atoms with Gasteiger partial charge < -0.3 is 0 Å². The van der Waals surface area contributed by atoms with Crippen molar-refractivity contribution in [3.63, 3.8) is 0 Å². The van der Waals surface area contributed by atoms with Gasteiger partial charge in [-0.3, -0.25) is 9.69 Å². The van der Waals surface area contributed by atoms with E-state index >= 15 is 0 Å². The van der Waals surface area contributed by atoms with Crippen LogP contribution in [0.25, 0.3) is 10.8 Å². The molecule has 152 valence electrons. The van der Waals surface area contributed by atoms with Crippen molar-refractivity contribution in [1.82, 2.24) is 19.0 Å². The number of fused-ring (bicyclic) bond motifs is 1. The zero-order chi connectivity index (χ0) is 20.6. The number of hydrogen-bond donors (Lipinski definition) is 0. The van der Waals surface area contributed by atoms with Crippen LogP contribution < -0.4 is 5.56 Å². The van der Waals surface area contributed by atoms with Crippen LogP contribution in [0.2, 0.25) is 5.02 Å². The Morgan fingerprint density at radius 2 is 1.79 bits per heavy atom. The molecule has 29 heavy (non-hydrogen) atoms. The molecule has 0 amide bonds. The number of halogens is 2. The van der Waals surface area contributed by atoms with E-state index in [2.05, 4.69) is 5.10 Å². The van der Waals surface area contributed by atoms with Gasteiger partial charge in [-0.05, 0) is 24.3 Å². The number of benzene rings is 2. The van der Waals surface area contributed by atoms with Gasteiger partial charge in [0.05, 0.1) is 28.2 Å². The summed E-state index contributed by atoms with van der Waals surface area (Å²) in [5.41, 5.74) is -0.181. The lowest BCUT2D eigenvalue weighted by atomic mass is 10.2. The summed E-state index contributed by atoms with van der Waals surface area (Å²) in [6.45, 7) is 1.66. The van der Waals surface area contributed by atoms with E-state index in [0.29, 0.717) is 18.5 Å². The van der Waals surface area contributed by atoms with Crippen LogP contribution in [0.1, 0.15) is 0 Å². The fraction of sp³-hybridized carbons (Fsp3) is 0.263. The van der Waals surface area contributed by atoms with Gasteiger partial charge in [-0.25, -0.2) is 17.5 Å². The predicted octanol–water partition coefficient (Wildman–Crippen LogP) is 2.15. The average molecular weight is 437 g/mol. The maximum atomic E-state index is 13.3. The molecule has 0 unspecified atom stereocenters. The minimum absolute atomic E-state index is 0.0373. The Morgan fingerprint density at radius 3 is 2.52 bits per heavy atom. The summed E-state index contributed by atoms with van der Waals surface area (Å²) in [4.78, 5) is 14.5. The van der Waals surface area contributed by atoms with Crippen LogP contribution in [-0.4, -0.2) is 53.6 Å². The average Bonchev–Trinajstić information content (AvgIpc) is 2.72. The lowest BCUT2D eigenvalue weighted by molar-refractivity contribution is 0.143. The number of sulfonamides is 1. The van der Waals surface area contributed by atoms with Gasteiger partial charge in [-0.2, -0.15) is 9.40 Å². The fourth-order valence-electron chi connectivity index (χ4n) is 3.32. The summed E-state index contributed by atoms with van der Waals surface area (Å²) in [6, 6.07) is 10.6. The number of aromatic nitrogens is 2. The molecular weight excluding hydrogens is 419 g/mol. The normalized spacial score (nSPS) is 16.3. The van der Waals surface area contributed by atoms with Gasteiger partial charge in [0.25, 0.3) is 5.56 Å². The van der Waals surface area contributed by atoms with Crippen LogP contribution in [-0.2, 0) is 16.7 Å². The zero-order valence-corrected chi connectivity index (χ0v) is 16.9. The van der Waals surface area contributed by atoms with Crippen LogP contribution in [0, 0.1) is 5.82 Å². The Bertz CT molecular complexity index is 1220. The molecular formula is C19H18ClFN4O3S. The van der Waals surface area contributed by atoms with E-state index in [1.807, 2.05) is 17.0 Å². The quantitative estimate of drug-likeness (QED) is 0.626. The number of hydrogen-bond acceptors (Lipinski definition) is 5. The number of piperazine rings is 1. The standard InChI is InChI=1S/C19H18ClFN4O3S/c20-17-11-15(5-6-18(17)21)29(27,28)24-9-7-23(8-10-24)13-25-19(26)16-4-2-1-3-14(16)12-22-25/h1-6,11-12H,7-10,13H2. The van der Waals surface area contributed by atoms with E-state index in [4.69, 9.17) is 11.6 Å². The Labute approximate surface area is 172 Å². The van der Waals surface area contributed by atoms with Crippen molar-refractivity contribution in [3.05, 3.63) is 69.9 Å². The highest BCUT2D eigenvalue weighted by Gasteiger charge is 2.29. The summed E-state index contributed by atoms with van der Waals surface area (Å²) >= 11 is 5.72. The summed E-state index contributed by atoms with van der Waals surface area (Å²) in [5.74, 6) is -0.663. The van der Waals surface area contributed by atoms with Gasteiger partial charge in [-0.15, -0.1) is 0 Å². The minimum Gasteiger partial charge on any atom is -0.282 e. The number of nitrogens with zero attached hydrogens (tertiary/aromatic N) is 4. The third-order valence-electron chi connectivity index (χ3n) is 4.96. The first-order chi connectivity index (χ1) is 13.9. The third kappa shape index (κ3) is 3.91. The van der Waals surface area contributed by atoms with Gasteiger partial charge in [0.2, 0.25) is 10.0 Å². The molecule has 1 aromatic heterocycles. The Balaban J connectivity index is 1.46. The second-order valence-electron chi connectivity index (χ2n) is 6.78. The summed E-state index contributed by atoms with van der Waals surface area (Å²) < 4.78 is 41.6. The molecule has 0 bridgehead atoms. The first kappa shape index (κ1) is 20.0.